The van der Waals surface area contributed by atoms with Gasteiger partial charge in [0.25, 0.3) is 5.91 Å². The minimum absolute atomic E-state index is 0.169. The van der Waals surface area contributed by atoms with Crippen LogP contribution in [0.15, 0.2) is 42.6 Å². The number of hydrogen-bond donors (Lipinski definition) is 1. The van der Waals surface area contributed by atoms with Crippen LogP contribution in [0.25, 0.3) is 5.65 Å². The second-order valence-electron chi connectivity index (χ2n) is 5.50. The highest BCUT2D eigenvalue weighted by atomic mass is 35.5. The van der Waals surface area contributed by atoms with Crippen molar-refractivity contribution in [2.45, 2.75) is 26.7 Å². The Morgan fingerprint density at radius 3 is 2.78 bits per heavy atom. The summed E-state index contributed by atoms with van der Waals surface area (Å²) in [6.07, 6.45) is 3.40. The molecule has 1 amide bonds. The van der Waals surface area contributed by atoms with E-state index in [0.717, 1.165) is 35.4 Å². The molecule has 0 saturated heterocycles. The number of fused-ring (bicyclic) bond motifs is 1. The monoisotopic (exact) mass is 327 g/mol. The molecule has 1 aromatic carbocycles. The number of nitrogens with zero attached hydrogens (tertiary/aromatic N) is 2. The Kier molecular flexibility index (Phi) is 4.35. The van der Waals surface area contributed by atoms with Gasteiger partial charge in [-0.2, -0.15) is 0 Å². The van der Waals surface area contributed by atoms with Crippen molar-refractivity contribution in [1.82, 2.24) is 9.38 Å². The molecule has 0 saturated carbocycles. The zero-order chi connectivity index (χ0) is 16.4. The van der Waals surface area contributed by atoms with Gasteiger partial charge in [-0.1, -0.05) is 43.1 Å². The summed E-state index contributed by atoms with van der Waals surface area (Å²) in [6, 6.07) is 11.3. The third-order valence-corrected chi connectivity index (χ3v) is 3.97. The average Bonchev–Trinajstić information content (AvgIpc) is 2.87. The van der Waals surface area contributed by atoms with Crippen molar-refractivity contribution in [2.75, 3.05) is 5.32 Å². The SMILES string of the molecule is CCCc1nc2ccc(Cl)cn2c1C(=O)Nc1ccccc1C. The number of benzene rings is 1. The van der Waals surface area contributed by atoms with Crippen LogP contribution in [-0.4, -0.2) is 15.3 Å². The Morgan fingerprint density at radius 1 is 1.26 bits per heavy atom. The number of halogens is 1. The van der Waals surface area contributed by atoms with E-state index >= 15 is 0 Å². The summed E-state index contributed by atoms with van der Waals surface area (Å²) in [7, 11) is 0. The quantitative estimate of drug-likeness (QED) is 0.766. The van der Waals surface area contributed by atoms with Crippen LogP contribution in [0.5, 0.6) is 0 Å². The molecular formula is C18H18ClN3O. The number of carbonyl (C=O) groups excluding carboxylic acids is 1. The van der Waals surface area contributed by atoms with Gasteiger partial charge < -0.3 is 5.32 Å². The molecule has 3 aromatic rings. The molecule has 0 atom stereocenters. The van der Waals surface area contributed by atoms with Crippen molar-refractivity contribution >= 4 is 28.8 Å². The molecule has 23 heavy (non-hydrogen) atoms. The van der Waals surface area contributed by atoms with Crippen LogP contribution < -0.4 is 5.32 Å². The zero-order valence-corrected chi connectivity index (χ0v) is 13.9. The first kappa shape index (κ1) is 15.6. The van der Waals surface area contributed by atoms with Gasteiger partial charge in [0.1, 0.15) is 11.3 Å². The lowest BCUT2D eigenvalue weighted by Gasteiger charge is -2.09. The smallest absolute Gasteiger partial charge is 0.274 e. The number of hydrogen-bond acceptors (Lipinski definition) is 2. The van der Waals surface area contributed by atoms with Gasteiger partial charge in [-0.25, -0.2) is 4.98 Å². The number of nitrogens with one attached hydrogen (secondary N) is 1. The number of para-hydroxylation sites is 1. The lowest BCUT2D eigenvalue weighted by molar-refractivity contribution is 0.102. The van der Waals surface area contributed by atoms with Crippen LogP contribution >= 0.6 is 11.6 Å². The van der Waals surface area contributed by atoms with Crippen molar-refractivity contribution < 1.29 is 4.79 Å². The van der Waals surface area contributed by atoms with Gasteiger partial charge in [-0.05, 0) is 37.1 Å². The summed E-state index contributed by atoms with van der Waals surface area (Å²) in [5.74, 6) is -0.169. The highest BCUT2D eigenvalue weighted by molar-refractivity contribution is 6.30. The number of aryl methyl sites for hydroxylation is 2. The zero-order valence-electron chi connectivity index (χ0n) is 13.1. The second kappa shape index (κ2) is 6.42. The number of rotatable bonds is 4. The topological polar surface area (TPSA) is 46.4 Å². The van der Waals surface area contributed by atoms with Gasteiger partial charge in [0, 0.05) is 11.9 Å². The predicted molar refractivity (Wildman–Crippen MR) is 93.3 cm³/mol. The standard InChI is InChI=1S/C18H18ClN3O/c1-3-6-15-17(22-11-13(19)9-10-16(22)20-15)18(23)21-14-8-5-4-7-12(14)2/h4-5,7-11H,3,6H2,1-2H3,(H,21,23). The summed E-state index contributed by atoms with van der Waals surface area (Å²) in [4.78, 5) is 17.4. The number of amides is 1. The number of anilines is 1. The molecule has 0 radical (unpaired) electrons. The Balaban J connectivity index is 2.06. The molecule has 3 rings (SSSR count). The van der Waals surface area contributed by atoms with Gasteiger partial charge in [-0.3, -0.25) is 9.20 Å². The second-order valence-corrected chi connectivity index (χ2v) is 5.94. The summed E-state index contributed by atoms with van der Waals surface area (Å²) < 4.78 is 1.76. The predicted octanol–water partition coefficient (Wildman–Crippen LogP) is 4.50. The molecular weight excluding hydrogens is 310 g/mol. The first-order valence-corrected chi connectivity index (χ1v) is 8.01. The lowest BCUT2D eigenvalue weighted by atomic mass is 10.1. The molecule has 1 N–H and O–H groups in total. The minimum atomic E-state index is -0.169. The van der Waals surface area contributed by atoms with Crippen LogP contribution in [0.2, 0.25) is 5.02 Å². The van der Waals surface area contributed by atoms with Gasteiger partial charge in [0.2, 0.25) is 0 Å². The third kappa shape index (κ3) is 3.08. The number of carbonyl (C=O) groups is 1. The van der Waals surface area contributed by atoms with Gasteiger partial charge in [0.05, 0.1) is 10.7 Å². The first-order chi connectivity index (χ1) is 11.1. The molecule has 0 spiro atoms. The molecule has 0 unspecified atom stereocenters. The fraction of sp³-hybridized carbons (Fsp3) is 0.222. The Hall–Kier alpha value is -2.33. The fourth-order valence-corrected chi connectivity index (χ4v) is 2.77. The number of pyridine rings is 1. The molecule has 2 aromatic heterocycles. The fourth-order valence-electron chi connectivity index (χ4n) is 2.61. The van der Waals surface area contributed by atoms with Crippen LogP contribution in [0.4, 0.5) is 5.69 Å². The molecule has 2 heterocycles. The minimum Gasteiger partial charge on any atom is -0.320 e. The maximum atomic E-state index is 12.8. The molecule has 4 nitrogen and oxygen atoms in total. The average molecular weight is 328 g/mol. The maximum absolute atomic E-state index is 12.8. The molecule has 0 fully saturated rings. The number of aromatic nitrogens is 2. The maximum Gasteiger partial charge on any atom is 0.274 e. The molecule has 0 aliphatic rings. The van der Waals surface area contributed by atoms with E-state index in [2.05, 4.69) is 17.2 Å². The summed E-state index contributed by atoms with van der Waals surface area (Å²) >= 11 is 6.09. The van der Waals surface area contributed by atoms with Crippen molar-refractivity contribution in [1.29, 1.82) is 0 Å². The lowest BCUT2D eigenvalue weighted by Crippen LogP contribution is -2.17. The molecule has 0 aliphatic heterocycles. The van der Waals surface area contributed by atoms with Crippen LogP contribution in [0, 0.1) is 6.92 Å². The third-order valence-electron chi connectivity index (χ3n) is 3.75. The normalized spacial score (nSPS) is 10.9. The van der Waals surface area contributed by atoms with E-state index in [9.17, 15) is 4.79 Å². The van der Waals surface area contributed by atoms with Crippen LogP contribution in [0.1, 0.15) is 35.1 Å². The van der Waals surface area contributed by atoms with E-state index in [1.165, 1.54) is 0 Å². The highest BCUT2D eigenvalue weighted by Gasteiger charge is 2.19. The first-order valence-electron chi connectivity index (χ1n) is 7.63. The van der Waals surface area contributed by atoms with Crippen molar-refractivity contribution in [3.8, 4) is 0 Å². The molecule has 5 heteroatoms. The highest BCUT2D eigenvalue weighted by Crippen LogP contribution is 2.20. The van der Waals surface area contributed by atoms with E-state index in [4.69, 9.17) is 11.6 Å². The van der Waals surface area contributed by atoms with Gasteiger partial charge in [-0.15, -0.1) is 0 Å². The molecule has 0 bridgehead atoms. The number of imidazole rings is 1. The van der Waals surface area contributed by atoms with E-state index in [1.807, 2.05) is 37.3 Å². The Morgan fingerprint density at radius 2 is 2.04 bits per heavy atom. The summed E-state index contributed by atoms with van der Waals surface area (Å²) in [6.45, 7) is 4.04. The van der Waals surface area contributed by atoms with Crippen LogP contribution in [0.3, 0.4) is 0 Å². The van der Waals surface area contributed by atoms with Crippen molar-refractivity contribution in [2.24, 2.45) is 0 Å². The van der Waals surface area contributed by atoms with E-state index in [1.54, 1.807) is 16.7 Å². The van der Waals surface area contributed by atoms with Crippen molar-refractivity contribution in [3.05, 3.63) is 64.6 Å². The Bertz CT molecular complexity index is 870. The van der Waals surface area contributed by atoms with Gasteiger partial charge >= 0.3 is 0 Å². The van der Waals surface area contributed by atoms with E-state index in [0.29, 0.717) is 10.7 Å². The summed E-state index contributed by atoms with van der Waals surface area (Å²) in [5, 5.41) is 3.55. The summed E-state index contributed by atoms with van der Waals surface area (Å²) in [5.41, 5.74) is 3.89. The van der Waals surface area contributed by atoms with E-state index in [-0.39, 0.29) is 5.91 Å². The van der Waals surface area contributed by atoms with Gasteiger partial charge in [0.15, 0.2) is 0 Å². The van der Waals surface area contributed by atoms with Crippen molar-refractivity contribution in [3.63, 3.8) is 0 Å². The largest absolute Gasteiger partial charge is 0.320 e. The van der Waals surface area contributed by atoms with Crippen LogP contribution in [-0.2, 0) is 6.42 Å². The molecule has 118 valence electrons. The Labute approximate surface area is 140 Å². The molecule has 0 aliphatic carbocycles. The van der Waals surface area contributed by atoms with E-state index < -0.39 is 0 Å².